The van der Waals surface area contributed by atoms with Crippen molar-refractivity contribution in [1.29, 1.82) is 0 Å². The van der Waals surface area contributed by atoms with Crippen LogP contribution in [0, 0.1) is 0 Å². The van der Waals surface area contributed by atoms with E-state index in [9.17, 15) is 4.79 Å². The van der Waals surface area contributed by atoms with Crippen molar-refractivity contribution in [3.8, 4) is 11.6 Å². The summed E-state index contributed by atoms with van der Waals surface area (Å²) in [6.45, 7) is 1.72. The molecule has 0 spiro atoms. The zero-order valence-electron chi connectivity index (χ0n) is 14.2. The summed E-state index contributed by atoms with van der Waals surface area (Å²) in [4.78, 5) is 16.4. The molecule has 1 N–H and O–H groups in total. The summed E-state index contributed by atoms with van der Waals surface area (Å²) in [6, 6.07) is 10.8. The van der Waals surface area contributed by atoms with Gasteiger partial charge in [-0.25, -0.2) is 4.98 Å². The Morgan fingerprint density at radius 3 is 3.00 bits per heavy atom. The Bertz CT molecular complexity index is 697. The number of nitrogens with one attached hydrogen (secondary N) is 1. The Labute approximate surface area is 147 Å². The highest BCUT2D eigenvalue weighted by molar-refractivity contribution is 5.94. The van der Waals surface area contributed by atoms with E-state index in [0.29, 0.717) is 30.3 Å². The van der Waals surface area contributed by atoms with Crippen LogP contribution in [0.3, 0.4) is 0 Å². The Morgan fingerprint density at radius 1 is 1.36 bits per heavy atom. The third-order valence-electron chi connectivity index (χ3n) is 4.02. The van der Waals surface area contributed by atoms with Crippen molar-refractivity contribution in [2.24, 2.45) is 0 Å². The molecule has 6 nitrogen and oxygen atoms in total. The molecular weight excluding hydrogens is 320 g/mol. The summed E-state index contributed by atoms with van der Waals surface area (Å²) in [5.41, 5.74) is 1.46. The lowest BCUT2D eigenvalue weighted by molar-refractivity contribution is 0.0679. The number of carbonyl (C=O) groups is 1. The molecule has 1 atom stereocenters. The van der Waals surface area contributed by atoms with E-state index in [1.165, 1.54) is 0 Å². The fraction of sp³-hybridized carbons (Fsp3) is 0.368. The summed E-state index contributed by atoms with van der Waals surface area (Å²) in [7, 11) is 1.57. The minimum absolute atomic E-state index is 0.153. The zero-order chi connectivity index (χ0) is 17.5. The van der Waals surface area contributed by atoms with Crippen molar-refractivity contribution in [3.05, 3.63) is 53.7 Å². The lowest BCUT2D eigenvalue weighted by Crippen LogP contribution is -2.23. The molecule has 0 saturated carbocycles. The van der Waals surface area contributed by atoms with Gasteiger partial charge in [-0.05, 0) is 36.6 Å². The molecule has 0 aliphatic carbocycles. The third-order valence-corrected chi connectivity index (χ3v) is 4.02. The summed E-state index contributed by atoms with van der Waals surface area (Å²) in [5, 5.41) is 2.88. The van der Waals surface area contributed by atoms with Crippen LogP contribution >= 0.6 is 0 Å². The van der Waals surface area contributed by atoms with E-state index in [1.54, 1.807) is 31.5 Å². The van der Waals surface area contributed by atoms with Gasteiger partial charge in [0, 0.05) is 31.0 Å². The van der Waals surface area contributed by atoms with Crippen LogP contribution in [0.5, 0.6) is 11.6 Å². The Kier molecular flexibility index (Phi) is 5.85. The highest BCUT2D eigenvalue weighted by Gasteiger charge is 2.16. The Balaban J connectivity index is 1.53. The van der Waals surface area contributed by atoms with Gasteiger partial charge in [0.05, 0.1) is 13.2 Å². The largest absolute Gasteiger partial charge is 0.491 e. The molecule has 132 valence electrons. The van der Waals surface area contributed by atoms with Gasteiger partial charge in [0.25, 0.3) is 5.91 Å². The maximum Gasteiger partial charge on any atom is 0.251 e. The molecule has 2 aromatic rings. The van der Waals surface area contributed by atoms with Gasteiger partial charge < -0.3 is 19.5 Å². The van der Waals surface area contributed by atoms with Gasteiger partial charge in [-0.1, -0.05) is 12.1 Å². The van der Waals surface area contributed by atoms with E-state index in [2.05, 4.69) is 10.3 Å². The number of amides is 1. The molecule has 3 rings (SSSR count). The summed E-state index contributed by atoms with van der Waals surface area (Å²) in [6.07, 6.45) is 3.94. The molecule has 1 aromatic heterocycles. The number of hydrogen-bond acceptors (Lipinski definition) is 5. The molecule has 2 heterocycles. The smallest absolute Gasteiger partial charge is 0.251 e. The van der Waals surface area contributed by atoms with Crippen LogP contribution in [-0.2, 0) is 11.3 Å². The van der Waals surface area contributed by atoms with Crippen LogP contribution in [0.15, 0.2) is 42.6 Å². The predicted octanol–water partition coefficient (Wildman–Crippen LogP) is 2.58. The van der Waals surface area contributed by atoms with Gasteiger partial charge in [-0.3, -0.25) is 4.79 Å². The minimum atomic E-state index is -0.154. The number of aromatic nitrogens is 1. The molecule has 1 unspecified atom stereocenters. The summed E-state index contributed by atoms with van der Waals surface area (Å²) < 4.78 is 16.3. The lowest BCUT2D eigenvalue weighted by atomic mass is 10.2. The third kappa shape index (κ3) is 4.93. The van der Waals surface area contributed by atoms with E-state index in [1.807, 2.05) is 18.2 Å². The van der Waals surface area contributed by atoms with Crippen LogP contribution in [-0.4, -0.2) is 37.3 Å². The van der Waals surface area contributed by atoms with Crippen molar-refractivity contribution in [1.82, 2.24) is 10.3 Å². The average molecular weight is 342 g/mol. The van der Waals surface area contributed by atoms with Crippen molar-refractivity contribution in [2.75, 3.05) is 20.3 Å². The van der Waals surface area contributed by atoms with Gasteiger partial charge in [0.2, 0.25) is 5.88 Å². The van der Waals surface area contributed by atoms with Gasteiger partial charge in [0.1, 0.15) is 12.4 Å². The van der Waals surface area contributed by atoms with Crippen molar-refractivity contribution >= 4 is 5.91 Å². The summed E-state index contributed by atoms with van der Waals surface area (Å²) >= 11 is 0. The second-order valence-electron chi connectivity index (χ2n) is 5.87. The highest BCUT2D eigenvalue weighted by Crippen LogP contribution is 2.17. The van der Waals surface area contributed by atoms with E-state index in [4.69, 9.17) is 14.2 Å². The monoisotopic (exact) mass is 342 g/mol. The molecule has 25 heavy (non-hydrogen) atoms. The number of pyridine rings is 1. The molecule has 1 aliphatic heterocycles. The first-order valence-corrected chi connectivity index (χ1v) is 8.36. The topological polar surface area (TPSA) is 69.7 Å². The number of nitrogens with zero attached hydrogens (tertiary/aromatic N) is 1. The van der Waals surface area contributed by atoms with Gasteiger partial charge >= 0.3 is 0 Å². The van der Waals surface area contributed by atoms with Gasteiger partial charge in [-0.2, -0.15) is 0 Å². The van der Waals surface area contributed by atoms with Crippen LogP contribution in [0.1, 0.15) is 28.8 Å². The first kappa shape index (κ1) is 17.2. The van der Waals surface area contributed by atoms with Crippen molar-refractivity contribution < 1.29 is 19.0 Å². The molecule has 1 aromatic carbocycles. The van der Waals surface area contributed by atoms with Crippen molar-refractivity contribution in [3.63, 3.8) is 0 Å². The maximum atomic E-state index is 12.3. The van der Waals surface area contributed by atoms with Crippen LogP contribution in [0.2, 0.25) is 0 Å². The van der Waals surface area contributed by atoms with Crippen LogP contribution in [0.4, 0.5) is 0 Å². The maximum absolute atomic E-state index is 12.3. The lowest BCUT2D eigenvalue weighted by Gasteiger charge is -2.12. The summed E-state index contributed by atoms with van der Waals surface area (Å²) in [5.74, 6) is 1.07. The van der Waals surface area contributed by atoms with Crippen LogP contribution < -0.4 is 14.8 Å². The standard InChI is InChI=1S/C19H22N2O4/c1-23-18-8-7-14(11-20-18)12-21-19(22)15-4-2-5-16(10-15)25-13-17-6-3-9-24-17/h2,4-5,7-8,10-11,17H,3,6,9,12-13H2,1H3,(H,21,22). The molecule has 1 saturated heterocycles. The number of methoxy groups -OCH3 is 1. The quantitative estimate of drug-likeness (QED) is 0.837. The van der Waals surface area contributed by atoms with Gasteiger partial charge in [-0.15, -0.1) is 0 Å². The molecule has 0 bridgehead atoms. The van der Waals surface area contributed by atoms with Crippen LogP contribution in [0.25, 0.3) is 0 Å². The average Bonchev–Trinajstić information content (AvgIpc) is 3.19. The van der Waals surface area contributed by atoms with E-state index in [-0.39, 0.29) is 12.0 Å². The number of benzene rings is 1. The van der Waals surface area contributed by atoms with Gasteiger partial charge in [0.15, 0.2) is 0 Å². The molecular formula is C19H22N2O4. The second-order valence-corrected chi connectivity index (χ2v) is 5.87. The number of rotatable bonds is 7. The first-order chi connectivity index (χ1) is 12.2. The molecule has 1 aliphatic rings. The van der Waals surface area contributed by atoms with E-state index < -0.39 is 0 Å². The SMILES string of the molecule is COc1ccc(CNC(=O)c2cccc(OCC3CCCO3)c2)cn1. The van der Waals surface area contributed by atoms with Crippen molar-refractivity contribution in [2.45, 2.75) is 25.5 Å². The first-order valence-electron chi connectivity index (χ1n) is 8.36. The molecule has 0 radical (unpaired) electrons. The molecule has 1 fully saturated rings. The predicted molar refractivity (Wildman–Crippen MR) is 92.9 cm³/mol. The Hall–Kier alpha value is -2.60. The normalized spacial score (nSPS) is 16.4. The Morgan fingerprint density at radius 2 is 2.28 bits per heavy atom. The fourth-order valence-corrected chi connectivity index (χ4v) is 2.61. The number of hydrogen-bond donors (Lipinski definition) is 1. The van der Waals surface area contributed by atoms with E-state index in [0.717, 1.165) is 25.0 Å². The van der Waals surface area contributed by atoms with E-state index >= 15 is 0 Å². The zero-order valence-corrected chi connectivity index (χ0v) is 14.2. The fourth-order valence-electron chi connectivity index (χ4n) is 2.61. The molecule has 6 heteroatoms. The highest BCUT2D eigenvalue weighted by atomic mass is 16.5. The number of carbonyl (C=O) groups excluding carboxylic acids is 1. The molecule has 1 amide bonds. The second kappa shape index (κ2) is 8.48. The minimum Gasteiger partial charge on any atom is -0.491 e. The number of ether oxygens (including phenoxy) is 3.